The Hall–Kier alpha value is -4.53. The molecule has 0 saturated carbocycles. The largest absolute Gasteiger partial charge is 0.350 e. The first kappa shape index (κ1) is 23.6. The van der Waals surface area contributed by atoms with Crippen molar-refractivity contribution in [2.24, 2.45) is 0 Å². The summed E-state index contributed by atoms with van der Waals surface area (Å²) in [5.41, 5.74) is 0.957. The number of benzene rings is 3. The standard InChI is InChI=1S/C26H23FN4O4/c1-16(17-8-12-20(13-9-17)29-24(33)18-6-10-19(27)11-7-18)28-23(32)14-15-31-26(35)22-5-3-2-4-21(22)25(34)30-31/h2-13,16H,14-15H2,1H3,(H,28,32)(H,29,33)(H,30,34). The summed E-state index contributed by atoms with van der Waals surface area (Å²) in [6.45, 7) is 1.85. The maximum absolute atomic E-state index is 13.0. The average molecular weight is 474 g/mol. The number of amides is 2. The quantitative estimate of drug-likeness (QED) is 0.381. The molecule has 1 atom stereocenters. The van der Waals surface area contributed by atoms with Gasteiger partial charge in [-0.15, -0.1) is 0 Å². The van der Waals surface area contributed by atoms with Crippen molar-refractivity contribution < 1.29 is 14.0 Å². The molecule has 0 fully saturated rings. The van der Waals surface area contributed by atoms with E-state index in [0.29, 0.717) is 22.0 Å². The van der Waals surface area contributed by atoms with Crippen molar-refractivity contribution in [2.75, 3.05) is 5.32 Å². The fraction of sp³-hybridized carbons (Fsp3) is 0.154. The van der Waals surface area contributed by atoms with Gasteiger partial charge in [0, 0.05) is 17.7 Å². The molecule has 8 nitrogen and oxygen atoms in total. The second-order valence-electron chi connectivity index (χ2n) is 8.07. The van der Waals surface area contributed by atoms with Crippen LogP contribution in [0.5, 0.6) is 0 Å². The highest BCUT2D eigenvalue weighted by Gasteiger charge is 2.13. The fourth-order valence-corrected chi connectivity index (χ4v) is 3.67. The maximum Gasteiger partial charge on any atom is 0.273 e. The SMILES string of the molecule is CC(NC(=O)CCn1[nH]c(=O)c2ccccc2c1=O)c1ccc(NC(=O)c2ccc(F)cc2)cc1. The van der Waals surface area contributed by atoms with Crippen molar-refractivity contribution in [3.63, 3.8) is 0 Å². The van der Waals surface area contributed by atoms with Gasteiger partial charge in [0.05, 0.1) is 23.4 Å². The number of nitrogens with zero attached hydrogens (tertiary/aromatic N) is 1. The third-order valence-corrected chi connectivity index (χ3v) is 5.60. The lowest BCUT2D eigenvalue weighted by Crippen LogP contribution is -2.33. The van der Waals surface area contributed by atoms with Gasteiger partial charge in [-0.1, -0.05) is 24.3 Å². The number of rotatable bonds is 7. The minimum atomic E-state index is -0.417. The second kappa shape index (κ2) is 10.2. The summed E-state index contributed by atoms with van der Waals surface area (Å²) in [7, 11) is 0. The molecule has 35 heavy (non-hydrogen) atoms. The van der Waals surface area contributed by atoms with Gasteiger partial charge in [-0.3, -0.25) is 24.3 Å². The molecule has 0 aliphatic heterocycles. The van der Waals surface area contributed by atoms with E-state index in [4.69, 9.17) is 0 Å². The smallest absolute Gasteiger partial charge is 0.273 e. The van der Waals surface area contributed by atoms with Crippen molar-refractivity contribution in [2.45, 2.75) is 25.9 Å². The zero-order valence-corrected chi connectivity index (χ0v) is 18.9. The number of hydrogen-bond donors (Lipinski definition) is 3. The number of anilines is 1. The number of carbonyl (C=O) groups is 2. The Morgan fingerprint density at radius 3 is 2.29 bits per heavy atom. The molecule has 1 unspecified atom stereocenters. The number of hydrogen-bond acceptors (Lipinski definition) is 4. The predicted octanol–water partition coefficient (Wildman–Crippen LogP) is 3.35. The summed E-state index contributed by atoms with van der Waals surface area (Å²) in [6.07, 6.45) is 0.00430. The number of nitrogens with one attached hydrogen (secondary N) is 3. The third kappa shape index (κ3) is 5.52. The van der Waals surface area contributed by atoms with Crippen LogP contribution in [0.4, 0.5) is 10.1 Å². The number of fused-ring (bicyclic) bond motifs is 1. The summed E-state index contributed by atoms with van der Waals surface area (Å²) in [5, 5.41) is 8.72. The topological polar surface area (TPSA) is 113 Å². The van der Waals surface area contributed by atoms with Crippen molar-refractivity contribution >= 4 is 28.3 Å². The Labute approximate surface area is 199 Å². The molecule has 1 aromatic heterocycles. The molecule has 0 spiro atoms. The molecular weight excluding hydrogens is 451 g/mol. The van der Waals surface area contributed by atoms with Crippen LogP contribution in [0.3, 0.4) is 0 Å². The van der Waals surface area contributed by atoms with E-state index in [2.05, 4.69) is 15.7 Å². The molecule has 9 heteroatoms. The van der Waals surface area contributed by atoms with Gasteiger partial charge >= 0.3 is 0 Å². The van der Waals surface area contributed by atoms with Crippen LogP contribution >= 0.6 is 0 Å². The van der Waals surface area contributed by atoms with E-state index < -0.39 is 5.82 Å². The van der Waals surface area contributed by atoms with Crippen molar-refractivity contribution in [3.05, 3.63) is 110 Å². The molecule has 0 aliphatic rings. The summed E-state index contributed by atoms with van der Waals surface area (Å²) in [6, 6.07) is 18.4. The number of aryl methyl sites for hydroxylation is 1. The Morgan fingerprint density at radius 2 is 1.60 bits per heavy atom. The van der Waals surface area contributed by atoms with Gasteiger partial charge in [-0.25, -0.2) is 9.07 Å². The van der Waals surface area contributed by atoms with Gasteiger partial charge in [0.15, 0.2) is 0 Å². The Balaban J connectivity index is 1.34. The van der Waals surface area contributed by atoms with Gasteiger partial charge in [-0.2, -0.15) is 0 Å². The minimum absolute atomic E-state index is 0.00430. The van der Waals surface area contributed by atoms with Crippen LogP contribution < -0.4 is 21.8 Å². The first-order valence-electron chi connectivity index (χ1n) is 11.0. The molecule has 4 rings (SSSR count). The van der Waals surface area contributed by atoms with E-state index in [0.717, 1.165) is 10.2 Å². The lowest BCUT2D eigenvalue weighted by atomic mass is 10.1. The molecular formula is C26H23FN4O4. The first-order chi connectivity index (χ1) is 16.8. The molecule has 2 amide bonds. The van der Waals surface area contributed by atoms with Gasteiger partial charge < -0.3 is 10.6 Å². The third-order valence-electron chi connectivity index (χ3n) is 5.60. The molecule has 3 aromatic carbocycles. The number of carbonyl (C=O) groups excluding carboxylic acids is 2. The number of H-pyrrole nitrogens is 1. The van der Waals surface area contributed by atoms with Crippen LogP contribution in [-0.4, -0.2) is 21.6 Å². The summed E-state index contributed by atoms with van der Waals surface area (Å²) >= 11 is 0. The zero-order valence-electron chi connectivity index (χ0n) is 18.9. The van der Waals surface area contributed by atoms with E-state index in [9.17, 15) is 23.6 Å². The van der Waals surface area contributed by atoms with Crippen molar-refractivity contribution in [1.82, 2.24) is 15.1 Å². The molecule has 1 heterocycles. The van der Waals surface area contributed by atoms with Crippen LogP contribution in [-0.2, 0) is 11.3 Å². The second-order valence-corrected chi connectivity index (χ2v) is 8.07. The van der Waals surface area contributed by atoms with Gasteiger partial charge in [-0.05, 0) is 61.0 Å². The van der Waals surface area contributed by atoms with Crippen LogP contribution in [0.25, 0.3) is 10.8 Å². The molecule has 0 bridgehead atoms. The van der Waals surface area contributed by atoms with Gasteiger partial charge in [0.25, 0.3) is 17.0 Å². The monoisotopic (exact) mass is 474 g/mol. The number of halogens is 1. The van der Waals surface area contributed by atoms with Crippen LogP contribution in [0, 0.1) is 5.82 Å². The summed E-state index contributed by atoms with van der Waals surface area (Å²) in [4.78, 5) is 49.5. The highest BCUT2D eigenvalue weighted by atomic mass is 19.1. The molecule has 0 radical (unpaired) electrons. The minimum Gasteiger partial charge on any atom is -0.350 e. The van der Waals surface area contributed by atoms with Crippen LogP contribution in [0.15, 0.2) is 82.4 Å². The van der Waals surface area contributed by atoms with Crippen LogP contribution in [0.1, 0.15) is 35.3 Å². The molecule has 178 valence electrons. The van der Waals surface area contributed by atoms with Gasteiger partial charge in [0.1, 0.15) is 5.82 Å². The maximum atomic E-state index is 13.0. The zero-order chi connectivity index (χ0) is 24.9. The fourth-order valence-electron chi connectivity index (χ4n) is 3.67. The Bertz CT molecular complexity index is 1490. The van der Waals surface area contributed by atoms with E-state index in [1.54, 1.807) is 48.5 Å². The lowest BCUT2D eigenvalue weighted by Gasteiger charge is -2.15. The first-order valence-corrected chi connectivity index (χ1v) is 11.0. The highest BCUT2D eigenvalue weighted by molar-refractivity contribution is 6.04. The highest BCUT2D eigenvalue weighted by Crippen LogP contribution is 2.17. The van der Waals surface area contributed by atoms with Gasteiger partial charge in [0.2, 0.25) is 5.91 Å². The molecule has 4 aromatic rings. The number of aromatic amines is 1. The van der Waals surface area contributed by atoms with E-state index in [1.165, 1.54) is 24.3 Å². The van der Waals surface area contributed by atoms with Crippen molar-refractivity contribution in [1.29, 1.82) is 0 Å². The van der Waals surface area contributed by atoms with Crippen LogP contribution in [0.2, 0.25) is 0 Å². The molecule has 3 N–H and O–H groups in total. The summed E-state index contributed by atoms with van der Waals surface area (Å²) in [5.74, 6) is -1.06. The Kier molecular flexibility index (Phi) is 6.86. The average Bonchev–Trinajstić information content (AvgIpc) is 2.86. The lowest BCUT2D eigenvalue weighted by molar-refractivity contribution is -0.122. The molecule has 0 aliphatic carbocycles. The Morgan fingerprint density at radius 1 is 0.943 bits per heavy atom. The normalized spacial score (nSPS) is 11.7. The van der Waals surface area contributed by atoms with Crippen molar-refractivity contribution in [3.8, 4) is 0 Å². The predicted molar refractivity (Wildman–Crippen MR) is 131 cm³/mol. The molecule has 0 saturated heterocycles. The van der Waals surface area contributed by atoms with E-state index in [-0.39, 0.29) is 41.9 Å². The summed E-state index contributed by atoms with van der Waals surface area (Å²) < 4.78 is 14.2. The number of aromatic nitrogens is 2. The van der Waals surface area contributed by atoms with E-state index >= 15 is 0 Å². The van der Waals surface area contributed by atoms with E-state index in [1.807, 2.05) is 6.92 Å².